The van der Waals surface area contributed by atoms with Crippen molar-refractivity contribution in [1.29, 1.82) is 0 Å². The van der Waals surface area contributed by atoms with E-state index >= 15 is 0 Å². The maximum absolute atomic E-state index is 10.4. The van der Waals surface area contributed by atoms with Crippen LogP contribution in [0, 0.1) is 10.1 Å². The second-order valence-electron chi connectivity index (χ2n) is 3.50. The summed E-state index contributed by atoms with van der Waals surface area (Å²) in [6, 6.07) is 6.64. The highest BCUT2D eigenvalue weighted by Gasteiger charge is 2.06. The predicted octanol–water partition coefficient (Wildman–Crippen LogP) is -2.15. The van der Waals surface area contributed by atoms with E-state index in [9.17, 15) is 10.1 Å². The summed E-state index contributed by atoms with van der Waals surface area (Å²) in [6.45, 7) is 1.73. The average Bonchev–Trinajstić information content (AvgIpc) is 2.18. The molecule has 0 fully saturated rings. The molecule has 0 bridgehead atoms. The Balaban J connectivity index is 0.00000225. The third-order valence-corrected chi connectivity index (χ3v) is 2.36. The molecule has 0 aliphatic rings. The van der Waals surface area contributed by atoms with Gasteiger partial charge in [0.25, 0.3) is 5.69 Å². The maximum atomic E-state index is 10.4. The lowest BCUT2D eigenvalue weighted by molar-refractivity contribution is -0.891. The Morgan fingerprint density at radius 2 is 1.94 bits per heavy atom. The second-order valence-corrected chi connectivity index (χ2v) is 3.87. The van der Waals surface area contributed by atoms with Gasteiger partial charge in [-0.15, -0.1) is 11.6 Å². The van der Waals surface area contributed by atoms with Gasteiger partial charge in [-0.2, -0.15) is 0 Å². The molecule has 0 aliphatic heterocycles. The fourth-order valence-corrected chi connectivity index (χ4v) is 1.66. The number of nitrogens with one attached hydrogen (secondary N) is 1. The molecule has 1 rings (SSSR count). The molecule has 0 radical (unpaired) electrons. The zero-order chi connectivity index (χ0) is 11.3. The highest BCUT2D eigenvalue weighted by Crippen LogP contribution is 2.10. The fourth-order valence-electron chi connectivity index (χ4n) is 1.33. The van der Waals surface area contributed by atoms with Crippen molar-refractivity contribution in [2.45, 2.75) is 6.54 Å². The Morgan fingerprint density at radius 3 is 2.38 bits per heavy atom. The summed E-state index contributed by atoms with van der Waals surface area (Å²) in [5.41, 5.74) is 1.22. The zero-order valence-electron chi connectivity index (χ0n) is 8.95. The summed E-state index contributed by atoms with van der Waals surface area (Å²) in [4.78, 5) is 11.3. The minimum Gasteiger partial charge on any atom is -1.00 e. The van der Waals surface area contributed by atoms with Crippen LogP contribution in [0.1, 0.15) is 5.56 Å². The van der Waals surface area contributed by atoms with E-state index in [-0.39, 0.29) is 23.0 Å². The molecule has 4 nitrogen and oxygen atoms in total. The van der Waals surface area contributed by atoms with E-state index in [4.69, 9.17) is 11.6 Å². The average molecular weight is 265 g/mol. The lowest BCUT2D eigenvalue weighted by Crippen LogP contribution is -3.07. The van der Waals surface area contributed by atoms with Crippen molar-refractivity contribution in [2.75, 3.05) is 19.5 Å². The molecule has 1 unspecified atom stereocenters. The summed E-state index contributed by atoms with van der Waals surface area (Å²) in [7, 11) is 2.05. The molecule has 1 atom stereocenters. The maximum Gasteiger partial charge on any atom is 0.269 e. The number of rotatable bonds is 5. The van der Waals surface area contributed by atoms with Gasteiger partial charge < -0.3 is 17.3 Å². The van der Waals surface area contributed by atoms with Gasteiger partial charge in [0.2, 0.25) is 0 Å². The zero-order valence-corrected chi connectivity index (χ0v) is 10.5. The molecule has 0 spiro atoms. The number of hydrogen-bond acceptors (Lipinski definition) is 2. The topological polar surface area (TPSA) is 47.6 Å². The number of quaternary nitrogens is 1. The van der Waals surface area contributed by atoms with Crippen molar-refractivity contribution in [2.24, 2.45) is 0 Å². The van der Waals surface area contributed by atoms with Crippen molar-refractivity contribution < 1.29 is 22.2 Å². The lowest BCUT2D eigenvalue weighted by atomic mass is 10.2. The van der Waals surface area contributed by atoms with E-state index in [2.05, 4.69) is 0 Å². The van der Waals surface area contributed by atoms with Crippen LogP contribution in [0.25, 0.3) is 0 Å². The summed E-state index contributed by atoms with van der Waals surface area (Å²) in [6.07, 6.45) is 0. The van der Waals surface area contributed by atoms with E-state index in [0.29, 0.717) is 5.88 Å². The highest BCUT2D eigenvalue weighted by molar-refractivity contribution is 6.17. The van der Waals surface area contributed by atoms with Crippen LogP contribution in [0.2, 0.25) is 0 Å². The molecule has 0 saturated heterocycles. The van der Waals surface area contributed by atoms with Crippen LogP contribution in [-0.2, 0) is 6.54 Å². The summed E-state index contributed by atoms with van der Waals surface area (Å²) < 4.78 is 0. The minimum absolute atomic E-state index is 0. The first-order valence-corrected chi connectivity index (χ1v) is 5.27. The van der Waals surface area contributed by atoms with Gasteiger partial charge in [0.15, 0.2) is 0 Å². The first-order chi connectivity index (χ1) is 7.13. The van der Waals surface area contributed by atoms with Crippen LogP contribution >= 0.6 is 11.6 Å². The van der Waals surface area contributed by atoms with E-state index in [1.165, 1.54) is 17.0 Å². The molecule has 1 aromatic rings. The smallest absolute Gasteiger partial charge is 0.269 e. The molecular weight excluding hydrogens is 251 g/mol. The van der Waals surface area contributed by atoms with Gasteiger partial charge in [-0.05, 0) is 12.1 Å². The molecule has 0 aromatic heterocycles. The van der Waals surface area contributed by atoms with Crippen molar-refractivity contribution in [3.8, 4) is 0 Å². The third kappa shape index (κ3) is 4.79. The number of nitro benzene ring substituents is 1. The number of nitro groups is 1. The number of alkyl halides is 1. The van der Waals surface area contributed by atoms with Crippen molar-refractivity contribution >= 4 is 17.3 Å². The predicted molar refractivity (Wildman–Crippen MR) is 59.3 cm³/mol. The number of hydrogen-bond donors (Lipinski definition) is 1. The van der Waals surface area contributed by atoms with Crippen LogP contribution in [0.15, 0.2) is 24.3 Å². The molecule has 6 heteroatoms. The molecule has 0 heterocycles. The Morgan fingerprint density at radius 1 is 1.38 bits per heavy atom. The molecule has 16 heavy (non-hydrogen) atoms. The molecular formula is C10H14Cl2N2O2. The molecule has 90 valence electrons. The summed E-state index contributed by atoms with van der Waals surface area (Å²) in [5, 5.41) is 10.4. The monoisotopic (exact) mass is 264 g/mol. The van der Waals surface area contributed by atoms with Crippen molar-refractivity contribution in [1.82, 2.24) is 0 Å². The Labute approximate surface area is 106 Å². The Bertz CT molecular complexity index is 330. The van der Waals surface area contributed by atoms with E-state index in [1.54, 1.807) is 12.1 Å². The van der Waals surface area contributed by atoms with Crippen LogP contribution in [0.3, 0.4) is 0 Å². The van der Waals surface area contributed by atoms with Crippen molar-refractivity contribution in [3.05, 3.63) is 39.9 Å². The van der Waals surface area contributed by atoms with Gasteiger partial charge in [-0.1, -0.05) is 0 Å². The van der Waals surface area contributed by atoms with Crippen LogP contribution in [-0.4, -0.2) is 24.4 Å². The fraction of sp³-hybridized carbons (Fsp3) is 0.400. The molecule has 0 saturated carbocycles. The van der Waals surface area contributed by atoms with Gasteiger partial charge in [-0.3, -0.25) is 10.1 Å². The summed E-state index contributed by atoms with van der Waals surface area (Å²) >= 11 is 5.62. The molecule has 0 aliphatic carbocycles. The van der Waals surface area contributed by atoms with Crippen LogP contribution in [0.5, 0.6) is 0 Å². The van der Waals surface area contributed by atoms with Gasteiger partial charge >= 0.3 is 0 Å². The summed E-state index contributed by atoms with van der Waals surface area (Å²) in [5.74, 6) is 0.624. The van der Waals surface area contributed by atoms with Gasteiger partial charge in [0.1, 0.15) is 6.54 Å². The second kappa shape index (κ2) is 7.44. The normalized spacial score (nSPS) is 11.6. The Kier molecular flexibility index (Phi) is 7.05. The van der Waals surface area contributed by atoms with Crippen LogP contribution < -0.4 is 17.3 Å². The minimum atomic E-state index is -0.390. The van der Waals surface area contributed by atoms with E-state index in [1.807, 2.05) is 7.05 Å². The molecule has 0 amide bonds. The standard InChI is InChI=1S/C10H13ClN2O2.ClH/c1-12(7-6-11)8-9-2-4-10(5-3-9)13(14)15;/h2-5H,6-8H2,1H3;1H. The van der Waals surface area contributed by atoms with E-state index < -0.39 is 0 Å². The number of benzene rings is 1. The first kappa shape index (κ1) is 15.2. The highest BCUT2D eigenvalue weighted by atomic mass is 35.5. The largest absolute Gasteiger partial charge is 1.00 e. The first-order valence-electron chi connectivity index (χ1n) is 4.74. The van der Waals surface area contributed by atoms with Gasteiger partial charge in [-0.25, -0.2) is 0 Å². The number of non-ortho nitro benzene ring substituents is 1. The Hall–Kier alpha value is -0.840. The molecule has 1 N–H and O–H groups in total. The number of halogens is 2. The van der Waals surface area contributed by atoms with Gasteiger partial charge in [0.05, 0.1) is 24.4 Å². The SMILES string of the molecule is C[NH+](CCCl)Cc1ccc([N+](=O)[O-])cc1.[Cl-]. The third-order valence-electron chi connectivity index (χ3n) is 2.17. The lowest BCUT2D eigenvalue weighted by Gasteiger charge is -2.11. The quantitative estimate of drug-likeness (QED) is 0.375. The molecule has 1 aromatic carbocycles. The van der Waals surface area contributed by atoms with E-state index in [0.717, 1.165) is 18.7 Å². The van der Waals surface area contributed by atoms with Gasteiger partial charge in [0, 0.05) is 17.7 Å². The van der Waals surface area contributed by atoms with Crippen molar-refractivity contribution in [3.63, 3.8) is 0 Å². The van der Waals surface area contributed by atoms with Crippen LogP contribution in [0.4, 0.5) is 5.69 Å². The number of nitrogens with zero attached hydrogens (tertiary/aromatic N) is 1.